The smallest absolute Gasteiger partial charge is 0.319 e. The van der Waals surface area contributed by atoms with Crippen molar-refractivity contribution in [3.8, 4) is 17.6 Å². The lowest BCUT2D eigenvalue weighted by Gasteiger charge is -2.29. The lowest BCUT2D eigenvalue weighted by molar-refractivity contribution is -0.113. The normalized spacial score (nSPS) is 15.6. The number of ether oxygens (including phenoxy) is 2. The Balaban J connectivity index is 1.95. The number of carbonyl (C=O) groups excluding carboxylic acids is 2. The van der Waals surface area contributed by atoms with Gasteiger partial charge in [0.05, 0.1) is 18.7 Å². The van der Waals surface area contributed by atoms with Crippen molar-refractivity contribution >= 4 is 17.6 Å². The highest BCUT2D eigenvalue weighted by Gasteiger charge is 2.31. The number of allylic oxidation sites excluding steroid dienone is 1. The van der Waals surface area contributed by atoms with Crippen LogP contribution in [-0.2, 0) is 4.79 Å². The number of benzene rings is 2. The summed E-state index contributed by atoms with van der Waals surface area (Å²) >= 11 is 0. The van der Waals surface area contributed by atoms with Crippen molar-refractivity contribution in [1.82, 2.24) is 10.6 Å². The molecule has 3 N–H and O–H groups in total. The maximum Gasteiger partial charge on any atom is 0.319 e. The number of hydrogen-bond donors (Lipinski definition) is 3. The van der Waals surface area contributed by atoms with Gasteiger partial charge in [-0.3, -0.25) is 4.79 Å². The zero-order chi connectivity index (χ0) is 20.8. The van der Waals surface area contributed by atoms with Gasteiger partial charge in [-0.15, -0.1) is 0 Å². The Labute approximate surface area is 168 Å². The number of carbonyl (C=O) groups is 2. The summed E-state index contributed by atoms with van der Waals surface area (Å²) in [5.74, 6) is 0.454. The van der Waals surface area contributed by atoms with E-state index in [0.717, 1.165) is 0 Å². The fourth-order valence-corrected chi connectivity index (χ4v) is 3.06. The SMILES string of the molecule is COc1cc([C@@H]2NC(=O)NC(C)=C2C(=O)Nc2ccccc2)ccc1OCC#N. The van der Waals surface area contributed by atoms with Crippen LogP contribution in [0.1, 0.15) is 18.5 Å². The Hall–Kier alpha value is -3.99. The van der Waals surface area contributed by atoms with Gasteiger partial charge in [0.25, 0.3) is 5.91 Å². The number of nitrogens with zero attached hydrogens (tertiary/aromatic N) is 1. The van der Waals surface area contributed by atoms with E-state index >= 15 is 0 Å². The molecule has 3 rings (SSSR count). The van der Waals surface area contributed by atoms with E-state index in [4.69, 9.17) is 14.7 Å². The molecule has 0 spiro atoms. The molecule has 2 aromatic rings. The van der Waals surface area contributed by atoms with Crippen molar-refractivity contribution in [1.29, 1.82) is 5.26 Å². The van der Waals surface area contributed by atoms with Crippen LogP contribution in [0.4, 0.5) is 10.5 Å². The van der Waals surface area contributed by atoms with Gasteiger partial charge in [0.1, 0.15) is 6.07 Å². The number of anilines is 1. The van der Waals surface area contributed by atoms with E-state index in [9.17, 15) is 9.59 Å². The van der Waals surface area contributed by atoms with E-state index in [1.54, 1.807) is 37.3 Å². The first-order chi connectivity index (χ1) is 14.0. The second-order valence-corrected chi connectivity index (χ2v) is 6.25. The summed E-state index contributed by atoms with van der Waals surface area (Å²) in [4.78, 5) is 25.0. The van der Waals surface area contributed by atoms with Gasteiger partial charge in [-0.2, -0.15) is 5.26 Å². The molecular formula is C21H20N4O4. The first kappa shape index (κ1) is 19.8. The van der Waals surface area contributed by atoms with Crippen molar-refractivity contribution < 1.29 is 19.1 Å². The topological polar surface area (TPSA) is 112 Å². The summed E-state index contributed by atoms with van der Waals surface area (Å²) in [7, 11) is 1.48. The molecule has 0 bridgehead atoms. The average molecular weight is 392 g/mol. The average Bonchev–Trinajstić information content (AvgIpc) is 2.72. The summed E-state index contributed by atoms with van der Waals surface area (Å²) in [5, 5.41) is 17.0. The second kappa shape index (κ2) is 8.80. The van der Waals surface area contributed by atoms with E-state index in [2.05, 4.69) is 16.0 Å². The summed E-state index contributed by atoms with van der Waals surface area (Å²) in [6.07, 6.45) is 0. The minimum Gasteiger partial charge on any atom is -0.493 e. The van der Waals surface area contributed by atoms with E-state index in [0.29, 0.717) is 34.0 Å². The Bertz CT molecular complexity index is 995. The monoisotopic (exact) mass is 392 g/mol. The molecule has 8 heteroatoms. The van der Waals surface area contributed by atoms with E-state index < -0.39 is 12.1 Å². The largest absolute Gasteiger partial charge is 0.493 e. The minimum absolute atomic E-state index is 0.121. The first-order valence-electron chi connectivity index (χ1n) is 8.86. The van der Waals surface area contributed by atoms with Crippen molar-refractivity contribution in [2.45, 2.75) is 13.0 Å². The number of amides is 3. The fraction of sp³-hybridized carbons (Fsp3) is 0.190. The molecule has 1 atom stereocenters. The van der Waals surface area contributed by atoms with Crippen molar-refractivity contribution in [2.75, 3.05) is 19.0 Å². The molecule has 8 nitrogen and oxygen atoms in total. The summed E-state index contributed by atoms with van der Waals surface area (Å²) in [5.41, 5.74) is 2.11. The van der Waals surface area contributed by atoms with Crippen LogP contribution in [0, 0.1) is 11.3 Å². The van der Waals surface area contributed by atoms with E-state index in [1.807, 2.05) is 24.3 Å². The van der Waals surface area contributed by atoms with Gasteiger partial charge in [0.15, 0.2) is 18.1 Å². The number of urea groups is 1. The fourth-order valence-electron chi connectivity index (χ4n) is 3.06. The molecule has 1 heterocycles. The number of nitrogens with one attached hydrogen (secondary N) is 3. The molecule has 0 unspecified atom stereocenters. The molecule has 0 aromatic heterocycles. The van der Waals surface area contributed by atoms with E-state index in [-0.39, 0.29) is 12.5 Å². The van der Waals surface area contributed by atoms with E-state index in [1.165, 1.54) is 7.11 Å². The third-order valence-corrected chi connectivity index (χ3v) is 4.36. The van der Waals surface area contributed by atoms with Gasteiger partial charge in [0, 0.05) is 11.4 Å². The molecule has 1 aliphatic heterocycles. The quantitative estimate of drug-likeness (QED) is 0.700. The standard InChI is InChI=1S/C21H20N4O4/c1-13-18(20(26)24-15-6-4-3-5-7-15)19(25-21(27)23-13)14-8-9-16(29-11-10-22)17(12-14)28-2/h3-9,12,19H,11H2,1-2H3,(H,24,26)(H2,23,25,27)/t19-/m0/s1. The lowest BCUT2D eigenvalue weighted by Crippen LogP contribution is -2.45. The minimum atomic E-state index is -0.689. The van der Waals surface area contributed by atoms with Gasteiger partial charge < -0.3 is 25.4 Å². The lowest BCUT2D eigenvalue weighted by atomic mass is 9.94. The number of methoxy groups -OCH3 is 1. The van der Waals surface area contributed by atoms with Crippen molar-refractivity contribution in [2.24, 2.45) is 0 Å². The van der Waals surface area contributed by atoms with Crippen LogP contribution >= 0.6 is 0 Å². The Kier molecular flexibility index (Phi) is 6.00. The molecule has 29 heavy (non-hydrogen) atoms. The highest BCUT2D eigenvalue weighted by molar-refractivity contribution is 6.06. The molecular weight excluding hydrogens is 372 g/mol. The van der Waals surface area contributed by atoms with Gasteiger partial charge in [-0.25, -0.2) is 4.79 Å². The first-order valence-corrected chi connectivity index (χ1v) is 8.86. The maximum atomic E-state index is 13.0. The number of para-hydroxylation sites is 1. The molecule has 2 aromatic carbocycles. The predicted molar refractivity (Wildman–Crippen MR) is 106 cm³/mol. The highest BCUT2D eigenvalue weighted by Crippen LogP contribution is 2.34. The molecule has 0 aliphatic carbocycles. The molecule has 1 aliphatic rings. The van der Waals surface area contributed by atoms with Crippen LogP contribution in [0.25, 0.3) is 0 Å². The maximum absolute atomic E-state index is 13.0. The third-order valence-electron chi connectivity index (χ3n) is 4.36. The highest BCUT2D eigenvalue weighted by atomic mass is 16.5. The van der Waals surface area contributed by atoms with Crippen molar-refractivity contribution in [3.05, 3.63) is 65.4 Å². The van der Waals surface area contributed by atoms with Crippen molar-refractivity contribution in [3.63, 3.8) is 0 Å². The van der Waals surface area contributed by atoms with Crippen LogP contribution in [0.3, 0.4) is 0 Å². The molecule has 3 amide bonds. The second-order valence-electron chi connectivity index (χ2n) is 6.25. The summed E-state index contributed by atoms with van der Waals surface area (Å²) < 4.78 is 10.7. The number of nitriles is 1. The zero-order valence-electron chi connectivity index (χ0n) is 16.0. The summed E-state index contributed by atoms with van der Waals surface area (Å²) in [6, 6.07) is 14.9. The number of hydrogen-bond acceptors (Lipinski definition) is 5. The van der Waals surface area contributed by atoms with Crippen LogP contribution in [-0.4, -0.2) is 25.7 Å². The predicted octanol–water partition coefficient (Wildman–Crippen LogP) is 2.86. The molecule has 0 fully saturated rings. The zero-order valence-corrected chi connectivity index (χ0v) is 16.0. The summed E-state index contributed by atoms with van der Waals surface area (Å²) in [6.45, 7) is 1.55. The Morgan fingerprint density at radius 3 is 2.66 bits per heavy atom. The van der Waals surface area contributed by atoms with Crippen LogP contribution < -0.4 is 25.4 Å². The molecule has 0 saturated carbocycles. The van der Waals surface area contributed by atoms with Gasteiger partial charge in [0.2, 0.25) is 0 Å². The molecule has 0 radical (unpaired) electrons. The van der Waals surface area contributed by atoms with Gasteiger partial charge in [-0.05, 0) is 36.8 Å². The van der Waals surface area contributed by atoms with Crippen LogP contribution in [0.5, 0.6) is 11.5 Å². The van der Waals surface area contributed by atoms with Gasteiger partial charge >= 0.3 is 6.03 Å². The Morgan fingerprint density at radius 1 is 1.21 bits per heavy atom. The van der Waals surface area contributed by atoms with Crippen LogP contribution in [0.2, 0.25) is 0 Å². The Morgan fingerprint density at radius 2 is 1.97 bits per heavy atom. The third kappa shape index (κ3) is 4.47. The van der Waals surface area contributed by atoms with Crippen LogP contribution in [0.15, 0.2) is 59.8 Å². The number of rotatable bonds is 6. The van der Waals surface area contributed by atoms with Gasteiger partial charge in [-0.1, -0.05) is 24.3 Å². The molecule has 148 valence electrons. The molecule has 0 saturated heterocycles.